The van der Waals surface area contributed by atoms with Crippen molar-refractivity contribution in [1.82, 2.24) is 10.2 Å². The fourth-order valence-corrected chi connectivity index (χ4v) is 2.96. The lowest BCUT2D eigenvalue weighted by Crippen LogP contribution is -2.48. The molecule has 1 aromatic rings. The molecule has 1 aromatic carbocycles. The van der Waals surface area contributed by atoms with E-state index in [2.05, 4.69) is 12.2 Å². The van der Waals surface area contributed by atoms with Gasteiger partial charge < -0.3 is 5.32 Å². The van der Waals surface area contributed by atoms with E-state index >= 15 is 0 Å². The van der Waals surface area contributed by atoms with E-state index in [1.165, 1.54) is 19.1 Å². The second-order valence-corrected chi connectivity index (χ2v) is 6.63. The molecule has 7 heteroatoms. The van der Waals surface area contributed by atoms with Crippen LogP contribution in [0.15, 0.2) is 12.1 Å². The average Bonchev–Trinajstić information content (AvgIpc) is 2.78. The Balaban J connectivity index is 2.05. The van der Waals surface area contributed by atoms with Gasteiger partial charge in [-0.25, -0.2) is 0 Å². The number of rotatable bonds is 7. The zero-order valence-electron chi connectivity index (χ0n) is 13.7. The van der Waals surface area contributed by atoms with Crippen molar-refractivity contribution in [2.45, 2.75) is 45.6 Å². The predicted molar refractivity (Wildman–Crippen MR) is 93.6 cm³/mol. The highest BCUT2D eigenvalue weighted by molar-refractivity contribution is 6.43. The van der Waals surface area contributed by atoms with Crippen LogP contribution in [0.1, 0.15) is 60.2 Å². The molecule has 0 saturated carbocycles. The van der Waals surface area contributed by atoms with Gasteiger partial charge in [-0.2, -0.15) is 0 Å². The zero-order chi connectivity index (χ0) is 17.9. The molecule has 1 aliphatic heterocycles. The van der Waals surface area contributed by atoms with Crippen molar-refractivity contribution >= 4 is 40.9 Å². The highest BCUT2D eigenvalue weighted by Gasteiger charge is 2.41. The first-order chi connectivity index (χ1) is 11.4. The summed E-state index contributed by atoms with van der Waals surface area (Å²) < 4.78 is 0. The van der Waals surface area contributed by atoms with E-state index in [1.54, 1.807) is 0 Å². The summed E-state index contributed by atoms with van der Waals surface area (Å²) in [6, 6.07) is 1.85. The normalized spacial score (nSPS) is 14.8. The molecule has 0 radical (unpaired) electrons. The standard InChI is InChI=1S/C17H20Cl2N2O3/c1-3-4-5-6-7-20-15(22)10(2)21-16(23)11-8-13(18)14(19)9-12(11)17(21)24/h8-10H,3-7H2,1-2H3,(H,20,22). The van der Waals surface area contributed by atoms with Gasteiger partial charge in [-0.1, -0.05) is 49.4 Å². The summed E-state index contributed by atoms with van der Waals surface area (Å²) in [6.07, 6.45) is 4.14. The largest absolute Gasteiger partial charge is 0.354 e. The van der Waals surface area contributed by atoms with Gasteiger partial charge in [0.1, 0.15) is 6.04 Å². The van der Waals surface area contributed by atoms with E-state index in [0.29, 0.717) is 6.54 Å². The maximum Gasteiger partial charge on any atom is 0.262 e. The Morgan fingerprint density at radius 3 is 2.12 bits per heavy atom. The monoisotopic (exact) mass is 370 g/mol. The van der Waals surface area contributed by atoms with Gasteiger partial charge in [-0.05, 0) is 25.5 Å². The topological polar surface area (TPSA) is 66.5 Å². The van der Waals surface area contributed by atoms with Crippen molar-refractivity contribution in [1.29, 1.82) is 0 Å². The fourth-order valence-electron chi connectivity index (χ4n) is 2.63. The number of imide groups is 1. The number of fused-ring (bicyclic) bond motifs is 1. The minimum atomic E-state index is -0.888. The number of hydrogen-bond acceptors (Lipinski definition) is 3. The quantitative estimate of drug-likeness (QED) is 0.587. The number of halogens is 2. The van der Waals surface area contributed by atoms with Crippen molar-refractivity contribution in [3.05, 3.63) is 33.3 Å². The van der Waals surface area contributed by atoms with E-state index in [4.69, 9.17) is 23.2 Å². The van der Waals surface area contributed by atoms with Crippen LogP contribution in [0.3, 0.4) is 0 Å². The van der Waals surface area contributed by atoms with Crippen LogP contribution in [-0.2, 0) is 4.79 Å². The molecule has 1 heterocycles. The Bertz CT molecular complexity index is 635. The first kappa shape index (κ1) is 18.7. The number of nitrogens with one attached hydrogen (secondary N) is 1. The Morgan fingerprint density at radius 1 is 1.08 bits per heavy atom. The van der Waals surface area contributed by atoms with E-state index < -0.39 is 17.9 Å². The Labute approximate surface area is 151 Å². The average molecular weight is 371 g/mol. The second kappa shape index (κ2) is 7.99. The molecule has 0 aromatic heterocycles. The molecule has 0 bridgehead atoms. The lowest BCUT2D eigenvalue weighted by molar-refractivity contribution is -0.124. The number of nitrogens with zero attached hydrogens (tertiary/aromatic N) is 1. The lowest BCUT2D eigenvalue weighted by atomic mass is 10.1. The minimum absolute atomic E-state index is 0.178. The fraction of sp³-hybridized carbons (Fsp3) is 0.471. The molecule has 1 atom stereocenters. The van der Waals surface area contributed by atoms with Crippen LogP contribution in [0.25, 0.3) is 0 Å². The third-order valence-corrected chi connectivity index (χ3v) is 4.78. The van der Waals surface area contributed by atoms with Gasteiger partial charge in [0.05, 0.1) is 21.2 Å². The third-order valence-electron chi connectivity index (χ3n) is 4.06. The molecular weight excluding hydrogens is 351 g/mol. The van der Waals surface area contributed by atoms with Crippen LogP contribution in [0.5, 0.6) is 0 Å². The molecule has 1 unspecified atom stereocenters. The van der Waals surface area contributed by atoms with Crippen LogP contribution in [0, 0.1) is 0 Å². The number of benzene rings is 1. The third kappa shape index (κ3) is 3.73. The van der Waals surface area contributed by atoms with Gasteiger partial charge in [-0.3, -0.25) is 19.3 Å². The molecule has 1 N–H and O–H groups in total. The van der Waals surface area contributed by atoms with Gasteiger partial charge in [0.15, 0.2) is 0 Å². The molecule has 2 rings (SSSR count). The lowest BCUT2D eigenvalue weighted by Gasteiger charge is -2.21. The first-order valence-corrected chi connectivity index (χ1v) is 8.78. The van der Waals surface area contributed by atoms with E-state index in [9.17, 15) is 14.4 Å². The van der Waals surface area contributed by atoms with Crippen molar-refractivity contribution in [2.24, 2.45) is 0 Å². The van der Waals surface area contributed by atoms with Gasteiger partial charge >= 0.3 is 0 Å². The molecule has 3 amide bonds. The van der Waals surface area contributed by atoms with Gasteiger partial charge in [-0.15, -0.1) is 0 Å². The summed E-state index contributed by atoms with van der Waals surface area (Å²) in [5, 5.41) is 3.17. The summed E-state index contributed by atoms with van der Waals surface area (Å²) >= 11 is 11.8. The molecular formula is C17H20Cl2N2O3. The van der Waals surface area contributed by atoms with Crippen LogP contribution >= 0.6 is 23.2 Å². The van der Waals surface area contributed by atoms with Crippen LogP contribution in [0.2, 0.25) is 10.0 Å². The Hall–Kier alpha value is -1.59. The maximum atomic E-state index is 12.5. The highest BCUT2D eigenvalue weighted by atomic mass is 35.5. The number of hydrogen-bond donors (Lipinski definition) is 1. The molecule has 5 nitrogen and oxygen atoms in total. The van der Waals surface area contributed by atoms with Gasteiger partial charge in [0.25, 0.3) is 11.8 Å². The summed E-state index contributed by atoms with van der Waals surface area (Å²) in [5.41, 5.74) is 0.356. The van der Waals surface area contributed by atoms with Crippen molar-refractivity contribution in [3.63, 3.8) is 0 Å². The number of unbranched alkanes of at least 4 members (excludes halogenated alkanes) is 3. The molecule has 130 valence electrons. The van der Waals surface area contributed by atoms with E-state index in [0.717, 1.165) is 30.6 Å². The molecule has 24 heavy (non-hydrogen) atoms. The number of carbonyl (C=O) groups is 3. The number of amides is 3. The van der Waals surface area contributed by atoms with Crippen molar-refractivity contribution in [3.8, 4) is 0 Å². The highest BCUT2D eigenvalue weighted by Crippen LogP contribution is 2.32. The number of carbonyl (C=O) groups excluding carboxylic acids is 3. The SMILES string of the molecule is CCCCCCNC(=O)C(C)N1C(=O)c2cc(Cl)c(Cl)cc2C1=O. The van der Waals surface area contributed by atoms with Crippen LogP contribution in [-0.4, -0.2) is 35.2 Å². The maximum absolute atomic E-state index is 12.5. The van der Waals surface area contributed by atoms with Crippen LogP contribution in [0.4, 0.5) is 0 Å². The Kier molecular flexibility index (Phi) is 6.24. The molecule has 0 fully saturated rings. The Morgan fingerprint density at radius 2 is 1.62 bits per heavy atom. The molecule has 0 aliphatic carbocycles. The van der Waals surface area contributed by atoms with Gasteiger partial charge in [0, 0.05) is 6.54 Å². The summed E-state index contributed by atoms with van der Waals surface area (Å²) in [7, 11) is 0. The molecule has 0 saturated heterocycles. The van der Waals surface area contributed by atoms with Crippen LogP contribution < -0.4 is 5.32 Å². The smallest absolute Gasteiger partial charge is 0.262 e. The first-order valence-electron chi connectivity index (χ1n) is 8.03. The van der Waals surface area contributed by atoms with Crippen molar-refractivity contribution < 1.29 is 14.4 Å². The summed E-state index contributed by atoms with van der Waals surface area (Å²) in [5.74, 6) is -1.40. The van der Waals surface area contributed by atoms with Crippen molar-refractivity contribution in [2.75, 3.05) is 6.54 Å². The second-order valence-electron chi connectivity index (χ2n) is 5.82. The van der Waals surface area contributed by atoms with E-state index in [1.807, 2.05) is 0 Å². The summed E-state index contributed by atoms with van der Waals surface area (Å²) in [6.45, 7) is 4.18. The summed E-state index contributed by atoms with van der Waals surface area (Å²) in [4.78, 5) is 38.1. The molecule has 0 spiro atoms. The van der Waals surface area contributed by atoms with E-state index in [-0.39, 0.29) is 27.1 Å². The minimum Gasteiger partial charge on any atom is -0.354 e. The molecule has 1 aliphatic rings. The predicted octanol–water partition coefficient (Wildman–Crippen LogP) is 3.67. The zero-order valence-corrected chi connectivity index (χ0v) is 15.2. The van der Waals surface area contributed by atoms with Gasteiger partial charge in [0.2, 0.25) is 5.91 Å².